The predicted octanol–water partition coefficient (Wildman–Crippen LogP) is 1.16. The van der Waals surface area contributed by atoms with Crippen molar-refractivity contribution in [1.82, 2.24) is 4.90 Å². The summed E-state index contributed by atoms with van der Waals surface area (Å²) in [5.74, 6) is 0.737. The number of methoxy groups -OCH3 is 4. The summed E-state index contributed by atoms with van der Waals surface area (Å²) in [5, 5.41) is 23.6. The molecule has 0 aromatic heterocycles. The Bertz CT molecular complexity index is 767. The number of piperidine rings is 1. The van der Waals surface area contributed by atoms with Crippen molar-refractivity contribution in [2.75, 3.05) is 48.1 Å². The largest absolute Gasteiger partial charge is 0.396 e. The fourth-order valence-corrected chi connectivity index (χ4v) is 11.0. The van der Waals surface area contributed by atoms with E-state index in [0.29, 0.717) is 6.42 Å². The molecule has 0 amide bonds. The molecule has 1 saturated heterocycles. The SMILES string of the molecule is CCN1C[C@]2(CO)CC[C@H](OC)[C@@]34[C@@H]5C[C@H]6[C@H](OC)[C@@H]5[C@](O)(C[C@@H]6OC)[C@@H]([C@H](OC)[C@H]23)[C@@H]14. The van der Waals surface area contributed by atoms with Gasteiger partial charge in [0.15, 0.2) is 0 Å². The van der Waals surface area contributed by atoms with Crippen LogP contribution in [0.2, 0.25) is 0 Å². The topological polar surface area (TPSA) is 80.6 Å². The molecule has 7 nitrogen and oxygen atoms in total. The molecule has 182 valence electrons. The summed E-state index contributed by atoms with van der Waals surface area (Å²) in [6.45, 7) is 4.17. The molecule has 7 bridgehead atoms. The highest BCUT2D eigenvalue weighted by atomic mass is 16.5. The van der Waals surface area contributed by atoms with Gasteiger partial charge >= 0.3 is 0 Å². The summed E-state index contributed by atoms with van der Waals surface area (Å²) in [4.78, 5) is 2.57. The van der Waals surface area contributed by atoms with E-state index in [4.69, 9.17) is 18.9 Å². The zero-order valence-corrected chi connectivity index (χ0v) is 20.2. The highest BCUT2D eigenvalue weighted by molar-refractivity contribution is 5.35. The summed E-state index contributed by atoms with van der Waals surface area (Å²) < 4.78 is 24.9. The first-order valence-electron chi connectivity index (χ1n) is 12.6. The third kappa shape index (κ3) is 2.15. The lowest BCUT2D eigenvalue weighted by Crippen LogP contribution is -2.76. The van der Waals surface area contributed by atoms with Crippen molar-refractivity contribution in [2.24, 2.45) is 40.4 Å². The second-order valence-corrected chi connectivity index (χ2v) is 11.7. The minimum Gasteiger partial charge on any atom is -0.396 e. The van der Waals surface area contributed by atoms with Crippen LogP contribution in [-0.2, 0) is 18.9 Å². The van der Waals surface area contributed by atoms with Crippen molar-refractivity contribution in [1.29, 1.82) is 0 Å². The normalized spacial score (nSPS) is 60.1. The number of aliphatic hydroxyl groups excluding tert-OH is 1. The minimum absolute atomic E-state index is 0.0124. The van der Waals surface area contributed by atoms with Gasteiger partial charge in [-0.3, -0.25) is 4.90 Å². The summed E-state index contributed by atoms with van der Waals surface area (Å²) in [7, 11) is 7.24. The van der Waals surface area contributed by atoms with Crippen LogP contribution in [0.3, 0.4) is 0 Å². The molecule has 6 aliphatic rings. The molecule has 0 aromatic rings. The fraction of sp³-hybridized carbons (Fsp3) is 1.00. The fourth-order valence-electron chi connectivity index (χ4n) is 11.0. The standard InChI is InChI=1S/C25H41NO6/c1-6-26-11-23(12-27)8-7-16(30-3)25-14-9-13-15(29-2)10-24(28,17(14)19(13)31-4)18(22(25)26)20(32-5)21(23)25/h13-22,27-28H,6-12H2,1-5H3/t13-,14-,15+,16+,17-,18+,19+,20+,21-,22-,23+,24-,25+/m1/s1. The Morgan fingerprint density at radius 1 is 1.00 bits per heavy atom. The van der Waals surface area contributed by atoms with E-state index < -0.39 is 5.60 Å². The molecular weight excluding hydrogens is 410 g/mol. The van der Waals surface area contributed by atoms with Gasteiger partial charge in [0, 0.05) is 81.9 Å². The Balaban J connectivity index is 1.64. The molecule has 7 heteroatoms. The molecule has 1 heterocycles. The smallest absolute Gasteiger partial charge is 0.0796 e. The lowest BCUT2D eigenvalue weighted by molar-refractivity contribution is -0.277. The number of rotatable bonds is 6. The van der Waals surface area contributed by atoms with Crippen molar-refractivity contribution in [3.8, 4) is 0 Å². The Labute approximate surface area is 191 Å². The predicted molar refractivity (Wildman–Crippen MR) is 117 cm³/mol. The van der Waals surface area contributed by atoms with Gasteiger partial charge < -0.3 is 29.2 Å². The molecule has 13 atom stereocenters. The monoisotopic (exact) mass is 451 g/mol. The Hall–Kier alpha value is -0.280. The minimum atomic E-state index is -0.912. The molecule has 2 N–H and O–H groups in total. The lowest BCUT2D eigenvalue weighted by atomic mass is 9.43. The van der Waals surface area contributed by atoms with Gasteiger partial charge in [-0.05, 0) is 31.7 Å². The average molecular weight is 452 g/mol. The van der Waals surface area contributed by atoms with E-state index >= 15 is 0 Å². The van der Waals surface area contributed by atoms with Crippen molar-refractivity contribution < 1.29 is 29.2 Å². The maximum Gasteiger partial charge on any atom is 0.0796 e. The van der Waals surface area contributed by atoms with Gasteiger partial charge in [-0.1, -0.05) is 6.92 Å². The molecule has 0 unspecified atom stereocenters. The number of hydrogen-bond donors (Lipinski definition) is 2. The Morgan fingerprint density at radius 3 is 2.34 bits per heavy atom. The van der Waals surface area contributed by atoms with Gasteiger partial charge in [-0.2, -0.15) is 0 Å². The molecular formula is C25H41NO6. The van der Waals surface area contributed by atoms with Crippen LogP contribution in [0, 0.1) is 40.4 Å². The molecule has 5 saturated carbocycles. The van der Waals surface area contributed by atoms with Gasteiger partial charge in [0.1, 0.15) is 0 Å². The lowest BCUT2D eigenvalue weighted by Gasteiger charge is -2.69. The molecule has 6 fully saturated rings. The van der Waals surface area contributed by atoms with E-state index in [2.05, 4.69) is 11.8 Å². The molecule has 6 rings (SSSR count). The third-order valence-electron chi connectivity index (χ3n) is 11.5. The molecule has 1 aliphatic heterocycles. The second kappa shape index (κ2) is 7.12. The van der Waals surface area contributed by atoms with Crippen LogP contribution in [-0.4, -0.2) is 99.3 Å². The van der Waals surface area contributed by atoms with E-state index in [1.54, 1.807) is 14.2 Å². The van der Waals surface area contributed by atoms with Crippen molar-refractivity contribution >= 4 is 0 Å². The third-order valence-corrected chi connectivity index (χ3v) is 11.5. The quantitative estimate of drug-likeness (QED) is 0.627. The van der Waals surface area contributed by atoms with Crippen molar-refractivity contribution in [3.63, 3.8) is 0 Å². The molecule has 5 aliphatic carbocycles. The first-order valence-corrected chi connectivity index (χ1v) is 12.6. The second-order valence-electron chi connectivity index (χ2n) is 11.7. The van der Waals surface area contributed by atoms with Crippen LogP contribution < -0.4 is 0 Å². The van der Waals surface area contributed by atoms with E-state index in [-0.39, 0.29) is 77.5 Å². The van der Waals surface area contributed by atoms with Gasteiger partial charge in [-0.15, -0.1) is 0 Å². The van der Waals surface area contributed by atoms with Crippen LogP contribution >= 0.6 is 0 Å². The Morgan fingerprint density at radius 2 is 1.75 bits per heavy atom. The van der Waals surface area contributed by atoms with Crippen LogP contribution in [0.25, 0.3) is 0 Å². The molecule has 32 heavy (non-hydrogen) atoms. The van der Waals surface area contributed by atoms with Crippen LogP contribution in [0.15, 0.2) is 0 Å². The first kappa shape index (κ1) is 22.2. The van der Waals surface area contributed by atoms with E-state index in [9.17, 15) is 10.2 Å². The van der Waals surface area contributed by atoms with Crippen LogP contribution in [0.4, 0.5) is 0 Å². The van der Waals surface area contributed by atoms with E-state index in [0.717, 1.165) is 32.4 Å². The zero-order valence-electron chi connectivity index (χ0n) is 20.2. The highest BCUT2D eigenvalue weighted by Crippen LogP contribution is 2.79. The number of fused-ring (bicyclic) bond motifs is 2. The molecule has 1 spiro atoms. The van der Waals surface area contributed by atoms with Gasteiger partial charge in [0.05, 0.1) is 36.6 Å². The highest BCUT2D eigenvalue weighted by Gasteiger charge is 2.86. The molecule has 0 radical (unpaired) electrons. The van der Waals surface area contributed by atoms with Gasteiger partial charge in [-0.25, -0.2) is 0 Å². The zero-order chi connectivity index (χ0) is 22.6. The van der Waals surface area contributed by atoms with E-state index in [1.165, 1.54) is 0 Å². The Kier molecular flexibility index (Phi) is 4.94. The number of nitrogens with zero attached hydrogens (tertiary/aromatic N) is 1. The number of ether oxygens (including phenoxy) is 4. The number of aliphatic hydroxyl groups is 2. The number of likely N-dealkylation sites (tertiary alicyclic amines) is 1. The first-order chi connectivity index (χ1) is 15.4. The molecule has 0 aromatic carbocycles. The summed E-state index contributed by atoms with van der Waals surface area (Å²) in [6, 6.07) is 0.186. The van der Waals surface area contributed by atoms with Gasteiger partial charge in [0.25, 0.3) is 0 Å². The van der Waals surface area contributed by atoms with Crippen LogP contribution in [0.1, 0.15) is 32.6 Å². The summed E-state index contributed by atoms with van der Waals surface area (Å²) in [6.07, 6.45) is 3.49. The maximum atomic E-state index is 12.7. The average Bonchev–Trinajstić information content (AvgIpc) is 3.26. The van der Waals surface area contributed by atoms with Crippen molar-refractivity contribution in [3.05, 3.63) is 0 Å². The van der Waals surface area contributed by atoms with Gasteiger partial charge in [0.2, 0.25) is 0 Å². The van der Waals surface area contributed by atoms with Crippen LogP contribution in [0.5, 0.6) is 0 Å². The summed E-state index contributed by atoms with van der Waals surface area (Å²) in [5.41, 5.74) is -1.28. The van der Waals surface area contributed by atoms with E-state index in [1.807, 2.05) is 14.2 Å². The maximum absolute atomic E-state index is 12.7. The summed E-state index contributed by atoms with van der Waals surface area (Å²) >= 11 is 0. The number of hydrogen-bond acceptors (Lipinski definition) is 7. The van der Waals surface area contributed by atoms with Crippen molar-refractivity contribution in [2.45, 2.75) is 68.7 Å².